The fourth-order valence-electron chi connectivity index (χ4n) is 3.08. The lowest BCUT2D eigenvalue weighted by molar-refractivity contribution is -0.142. The number of carbonyl (C=O) groups is 3. The molecule has 0 aliphatic heterocycles. The van der Waals surface area contributed by atoms with Crippen LogP contribution in [0.5, 0.6) is 0 Å². The molecule has 0 aromatic heterocycles. The molecule has 2 amide bonds. The Morgan fingerprint density at radius 1 is 1.08 bits per heavy atom. The van der Waals surface area contributed by atoms with E-state index in [9.17, 15) is 19.5 Å². The number of aliphatic carboxylic acids is 1. The van der Waals surface area contributed by atoms with E-state index in [0.717, 1.165) is 19.3 Å². The lowest BCUT2D eigenvalue weighted by atomic mass is 9.94. The summed E-state index contributed by atoms with van der Waals surface area (Å²) in [4.78, 5) is 37.4. The topological polar surface area (TPSA) is 86.7 Å². The molecular weight excluding hydrogens is 308 g/mol. The molecule has 6 nitrogen and oxygen atoms in total. The van der Waals surface area contributed by atoms with Crippen LogP contribution < -0.4 is 5.32 Å². The van der Waals surface area contributed by atoms with Crippen LogP contribution in [0.15, 0.2) is 24.3 Å². The van der Waals surface area contributed by atoms with Crippen molar-refractivity contribution in [3.05, 3.63) is 35.4 Å². The quantitative estimate of drug-likeness (QED) is 0.827. The molecule has 1 aromatic carbocycles. The second kappa shape index (κ2) is 7.95. The van der Waals surface area contributed by atoms with Gasteiger partial charge >= 0.3 is 5.97 Å². The third-order valence-electron chi connectivity index (χ3n) is 4.43. The Labute approximate surface area is 141 Å². The SMILES string of the molecule is CN(C)C(=O)c1cccc(C(=O)N[C@H]2CCCCC[C@H]2C(=O)O)c1. The lowest BCUT2D eigenvalue weighted by Gasteiger charge is -2.23. The first-order chi connectivity index (χ1) is 11.4. The van der Waals surface area contributed by atoms with E-state index in [-0.39, 0.29) is 17.9 Å². The monoisotopic (exact) mass is 332 g/mol. The van der Waals surface area contributed by atoms with Gasteiger partial charge in [0.15, 0.2) is 0 Å². The van der Waals surface area contributed by atoms with Gasteiger partial charge in [0.25, 0.3) is 11.8 Å². The van der Waals surface area contributed by atoms with Gasteiger partial charge in [-0.3, -0.25) is 14.4 Å². The molecule has 0 saturated heterocycles. The van der Waals surface area contributed by atoms with Crippen LogP contribution in [-0.2, 0) is 4.79 Å². The molecular formula is C18H24N2O4. The summed E-state index contributed by atoms with van der Waals surface area (Å²) in [5.41, 5.74) is 0.805. The predicted molar refractivity (Wildman–Crippen MR) is 89.9 cm³/mol. The van der Waals surface area contributed by atoms with Crippen molar-refractivity contribution < 1.29 is 19.5 Å². The number of amides is 2. The van der Waals surface area contributed by atoms with Crippen LogP contribution in [0.3, 0.4) is 0 Å². The van der Waals surface area contributed by atoms with Crippen molar-refractivity contribution in [2.45, 2.75) is 38.1 Å². The zero-order valence-electron chi connectivity index (χ0n) is 14.1. The van der Waals surface area contributed by atoms with Crippen molar-refractivity contribution in [2.24, 2.45) is 5.92 Å². The molecule has 0 heterocycles. The normalized spacial score (nSPS) is 20.8. The highest BCUT2D eigenvalue weighted by atomic mass is 16.4. The summed E-state index contributed by atoms with van der Waals surface area (Å²) in [5, 5.41) is 12.3. The minimum atomic E-state index is -0.862. The molecule has 2 N–H and O–H groups in total. The van der Waals surface area contributed by atoms with Gasteiger partial charge in [0.05, 0.1) is 5.92 Å². The van der Waals surface area contributed by atoms with E-state index < -0.39 is 11.9 Å². The van der Waals surface area contributed by atoms with E-state index in [2.05, 4.69) is 5.32 Å². The summed E-state index contributed by atoms with van der Waals surface area (Å²) in [6.45, 7) is 0. The van der Waals surface area contributed by atoms with Crippen molar-refractivity contribution in [3.63, 3.8) is 0 Å². The summed E-state index contributed by atoms with van der Waals surface area (Å²) in [5.74, 6) is -1.93. The molecule has 24 heavy (non-hydrogen) atoms. The average molecular weight is 332 g/mol. The third-order valence-corrected chi connectivity index (χ3v) is 4.43. The first kappa shape index (κ1) is 18.0. The fraction of sp³-hybridized carbons (Fsp3) is 0.500. The number of hydrogen-bond acceptors (Lipinski definition) is 3. The zero-order chi connectivity index (χ0) is 17.7. The smallest absolute Gasteiger partial charge is 0.308 e. The Morgan fingerprint density at radius 3 is 2.42 bits per heavy atom. The Bertz CT molecular complexity index is 627. The number of benzene rings is 1. The first-order valence-corrected chi connectivity index (χ1v) is 8.25. The minimum absolute atomic E-state index is 0.178. The maximum absolute atomic E-state index is 12.5. The van der Waals surface area contributed by atoms with Crippen LogP contribution >= 0.6 is 0 Å². The van der Waals surface area contributed by atoms with Crippen LogP contribution in [0, 0.1) is 5.92 Å². The van der Waals surface area contributed by atoms with E-state index in [4.69, 9.17) is 0 Å². The Morgan fingerprint density at radius 2 is 1.75 bits per heavy atom. The number of carboxylic acid groups (broad SMARTS) is 1. The Kier molecular flexibility index (Phi) is 5.95. The van der Waals surface area contributed by atoms with Gasteiger partial charge < -0.3 is 15.3 Å². The molecule has 1 fully saturated rings. The lowest BCUT2D eigenvalue weighted by Crippen LogP contribution is -2.42. The summed E-state index contributed by atoms with van der Waals surface area (Å²) < 4.78 is 0. The zero-order valence-corrected chi connectivity index (χ0v) is 14.1. The van der Waals surface area contributed by atoms with Crippen LogP contribution in [0.4, 0.5) is 0 Å². The molecule has 1 aliphatic carbocycles. The van der Waals surface area contributed by atoms with Gasteiger partial charge in [0.2, 0.25) is 0 Å². The molecule has 0 bridgehead atoms. The van der Waals surface area contributed by atoms with Crippen molar-refractivity contribution in [3.8, 4) is 0 Å². The van der Waals surface area contributed by atoms with Gasteiger partial charge in [-0.1, -0.05) is 25.3 Å². The summed E-state index contributed by atoms with van der Waals surface area (Å²) in [7, 11) is 3.30. The molecule has 1 saturated carbocycles. The van der Waals surface area contributed by atoms with Crippen LogP contribution in [-0.4, -0.2) is 47.9 Å². The molecule has 1 aliphatic rings. The highest BCUT2D eigenvalue weighted by Crippen LogP contribution is 2.24. The highest BCUT2D eigenvalue weighted by molar-refractivity contribution is 5.99. The van der Waals surface area contributed by atoms with E-state index in [1.54, 1.807) is 38.4 Å². The molecule has 0 spiro atoms. The molecule has 6 heteroatoms. The van der Waals surface area contributed by atoms with E-state index in [1.807, 2.05) is 0 Å². The third kappa shape index (κ3) is 4.34. The summed E-state index contributed by atoms with van der Waals surface area (Å²) in [6, 6.07) is 6.13. The molecule has 2 atom stereocenters. The summed E-state index contributed by atoms with van der Waals surface area (Å²) >= 11 is 0. The van der Waals surface area contributed by atoms with Crippen LogP contribution in [0.1, 0.15) is 52.8 Å². The van der Waals surface area contributed by atoms with Gasteiger partial charge in [-0.15, -0.1) is 0 Å². The van der Waals surface area contributed by atoms with Gasteiger partial charge in [-0.05, 0) is 31.0 Å². The Hall–Kier alpha value is -2.37. The van der Waals surface area contributed by atoms with Crippen molar-refractivity contribution >= 4 is 17.8 Å². The van der Waals surface area contributed by atoms with Gasteiger partial charge in [-0.2, -0.15) is 0 Å². The van der Waals surface area contributed by atoms with E-state index >= 15 is 0 Å². The second-order valence-electron chi connectivity index (χ2n) is 6.44. The van der Waals surface area contributed by atoms with Gasteiger partial charge in [0, 0.05) is 31.3 Å². The van der Waals surface area contributed by atoms with Crippen molar-refractivity contribution in [1.29, 1.82) is 0 Å². The molecule has 1 aromatic rings. The van der Waals surface area contributed by atoms with Crippen LogP contribution in [0.25, 0.3) is 0 Å². The largest absolute Gasteiger partial charge is 0.481 e. The average Bonchev–Trinajstić information content (AvgIpc) is 2.79. The number of rotatable bonds is 4. The van der Waals surface area contributed by atoms with Gasteiger partial charge in [-0.25, -0.2) is 0 Å². The van der Waals surface area contributed by atoms with E-state index in [0.29, 0.717) is 24.0 Å². The fourth-order valence-corrected chi connectivity index (χ4v) is 3.08. The number of carbonyl (C=O) groups excluding carboxylic acids is 2. The first-order valence-electron chi connectivity index (χ1n) is 8.25. The van der Waals surface area contributed by atoms with Crippen molar-refractivity contribution in [1.82, 2.24) is 10.2 Å². The highest BCUT2D eigenvalue weighted by Gasteiger charge is 2.30. The molecule has 0 unspecified atom stereocenters. The molecule has 2 rings (SSSR count). The number of carboxylic acids is 1. The molecule has 130 valence electrons. The van der Waals surface area contributed by atoms with Crippen LogP contribution in [0.2, 0.25) is 0 Å². The van der Waals surface area contributed by atoms with Gasteiger partial charge in [0.1, 0.15) is 0 Å². The minimum Gasteiger partial charge on any atom is -0.481 e. The predicted octanol–water partition coefficient (Wildman–Crippen LogP) is 2.15. The summed E-state index contributed by atoms with van der Waals surface area (Å²) in [6.07, 6.45) is 4.02. The maximum atomic E-state index is 12.5. The number of nitrogens with zero attached hydrogens (tertiary/aromatic N) is 1. The Balaban J connectivity index is 2.14. The number of hydrogen-bond donors (Lipinski definition) is 2. The maximum Gasteiger partial charge on any atom is 0.308 e. The standard InChI is InChI=1S/C18H24N2O4/c1-20(2)17(22)13-8-6-7-12(11-13)16(21)19-15-10-5-3-4-9-14(15)18(23)24/h6-8,11,14-15H,3-5,9-10H2,1-2H3,(H,19,21)(H,23,24)/t14-,15+/m1/s1. The molecule has 0 radical (unpaired) electrons. The second-order valence-corrected chi connectivity index (χ2v) is 6.44. The van der Waals surface area contributed by atoms with Crippen molar-refractivity contribution in [2.75, 3.05) is 14.1 Å². The number of nitrogens with one attached hydrogen (secondary N) is 1. The van der Waals surface area contributed by atoms with E-state index in [1.165, 1.54) is 4.90 Å².